The molecule has 0 atom stereocenters. The van der Waals surface area contributed by atoms with Crippen LogP contribution in [0, 0.1) is 0 Å². The highest BCUT2D eigenvalue weighted by atomic mass is 32.2. The van der Waals surface area contributed by atoms with Gasteiger partial charge in [0.2, 0.25) is 6.71 Å². The maximum atomic E-state index is 9.77. The molecule has 1 N–H and O–H groups in total. The molecule has 440 valence electrons. The average molecular weight is 1220 g/mol. The van der Waals surface area contributed by atoms with Gasteiger partial charge >= 0.3 is 0 Å². The van der Waals surface area contributed by atoms with E-state index in [-0.39, 0.29) is 51.4 Å². The normalized spacial score (nSPS) is 14.8. The number of hydrogen-bond donors (Lipinski definition) is 1. The lowest BCUT2D eigenvalue weighted by Gasteiger charge is -2.37. The second-order valence-corrected chi connectivity index (χ2v) is 27.5. The number of para-hydroxylation sites is 4. The summed E-state index contributed by atoms with van der Waals surface area (Å²) in [6, 6.07) is 89.5. The first-order chi connectivity index (χ1) is 49.6. The first-order valence-corrected chi connectivity index (χ1v) is 33.1. The Balaban J connectivity index is 0.941. The molecule has 0 amide bonds. The summed E-state index contributed by atoms with van der Waals surface area (Å²) in [6.45, 7) is 6.45. The van der Waals surface area contributed by atoms with E-state index in [1.807, 2.05) is 12.1 Å². The van der Waals surface area contributed by atoms with E-state index < -0.39 is 36.3 Å². The van der Waals surface area contributed by atoms with Crippen molar-refractivity contribution in [3.05, 3.63) is 331 Å². The lowest BCUT2D eigenvalue weighted by atomic mass is 9.34. The molecule has 20 rings (SSSR count). The summed E-state index contributed by atoms with van der Waals surface area (Å²) in [4.78, 5) is 1.95. The predicted octanol–water partition coefficient (Wildman–Crippen LogP) is 21.2. The molecule has 14 aromatic carbocycles. The fourth-order valence-corrected chi connectivity index (χ4v) is 18.0. The van der Waals surface area contributed by atoms with Crippen molar-refractivity contribution in [2.45, 2.75) is 41.4 Å². The van der Waals surface area contributed by atoms with Gasteiger partial charge in [-0.25, -0.2) is 0 Å². The zero-order valence-electron chi connectivity index (χ0n) is 59.6. The zero-order chi connectivity index (χ0) is 69.1. The van der Waals surface area contributed by atoms with Gasteiger partial charge in [-0.15, -0.1) is 0 Å². The van der Waals surface area contributed by atoms with Crippen molar-refractivity contribution in [2.24, 2.45) is 0 Å². The molecule has 94 heavy (non-hydrogen) atoms. The van der Waals surface area contributed by atoms with Gasteiger partial charge in [0.1, 0.15) is 0 Å². The number of nitrogens with zero attached hydrogens (tertiary/aromatic N) is 2. The van der Waals surface area contributed by atoms with Crippen molar-refractivity contribution in [3.63, 3.8) is 0 Å². The topological polar surface area (TPSA) is 21.9 Å². The molecule has 2 aromatic heterocycles. The highest BCUT2D eigenvalue weighted by molar-refractivity contribution is 8.00. The minimum Gasteiger partial charge on any atom is -0.356 e. The van der Waals surface area contributed by atoms with Gasteiger partial charge < -0.3 is 14.5 Å². The average Bonchev–Trinajstić information content (AvgIpc) is 1.48. The molecule has 0 bridgehead atoms. The predicted molar refractivity (Wildman–Crippen MR) is 397 cm³/mol. The highest BCUT2D eigenvalue weighted by Crippen LogP contribution is 2.63. The molecule has 5 heteroatoms. The molecule has 0 fully saturated rings. The number of fused-ring (bicyclic) bond motifs is 21. The van der Waals surface area contributed by atoms with Gasteiger partial charge in [-0.05, 0) is 166 Å². The van der Waals surface area contributed by atoms with E-state index in [0.717, 1.165) is 110 Å². The van der Waals surface area contributed by atoms with Crippen LogP contribution in [-0.2, 0) is 10.8 Å². The first kappa shape index (κ1) is 46.0. The molecule has 3 nitrogen and oxygen atoms in total. The van der Waals surface area contributed by atoms with Gasteiger partial charge in [0.15, 0.2) is 0 Å². The maximum Gasteiger partial charge on any atom is 0.249 e. The molecule has 0 radical (unpaired) electrons. The zero-order valence-corrected chi connectivity index (χ0v) is 52.4. The Morgan fingerprint density at radius 2 is 0.947 bits per heavy atom. The molecule has 16 aromatic rings. The van der Waals surface area contributed by atoms with Gasteiger partial charge in [0.05, 0.1) is 38.4 Å². The molecule has 1 spiro atoms. The van der Waals surface area contributed by atoms with E-state index in [0.29, 0.717) is 5.69 Å². The Kier molecular flexibility index (Phi) is 9.77. The summed E-state index contributed by atoms with van der Waals surface area (Å²) in [7, 11) is 0. The SMILES string of the molecule is [2H]c1c([2H])c([2H])c2c(c1[2H])c1c([2H])c([2H])c([2H])c([2H])c1n2-c1cc2c3c(c1)Sc1c(ccc4c1c1ccccc1n4-c1ccccc1)B3c1ccc(-c3ccc4c(c3)-c3ccccc3C43c4ccccc4-c4ccccc43)c(-c3c(-c4ccccc4)cc(C(C)(C)C)cc3-c3ccccc3)c1N2. The highest BCUT2D eigenvalue weighted by Gasteiger charge is 2.52. The van der Waals surface area contributed by atoms with E-state index in [2.05, 4.69) is 273 Å². The molecule has 4 heterocycles. The van der Waals surface area contributed by atoms with Gasteiger partial charge in [0.25, 0.3) is 0 Å². The number of benzene rings is 14. The molecule has 0 saturated heterocycles. The van der Waals surface area contributed by atoms with Crippen molar-refractivity contribution in [1.82, 2.24) is 9.13 Å². The number of anilines is 2. The number of hydrogen-bond acceptors (Lipinski definition) is 2. The largest absolute Gasteiger partial charge is 0.356 e. The van der Waals surface area contributed by atoms with Crippen molar-refractivity contribution >= 4 is 89.8 Å². The van der Waals surface area contributed by atoms with Gasteiger partial charge in [-0.2, -0.15) is 0 Å². The third kappa shape index (κ3) is 7.41. The number of rotatable bonds is 6. The fourth-order valence-electron chi connectivity index (χ4n) is 16.7. The summed E-state index contributed by atoms with van der Waals surface area (Å²) in [5.74, 6) is 0. The molecular formula is C89H60BN3S. The van der Waals surface area contributed by atoms with Crippen molar-refractivity contribution in [1.29, 1.82) is 0 Å². The van der Waals surface area contributed by atoms with Crippen LogP contribution in [0.1, 0.15) is 59.6 Å². The third-order valence-electron chi connectivity index (χ3n) is 20.6. The van der Waals surface area contributed by atoms with Gasteiger partial charge in [-0.3, -0.25) is 0 Å². The van der Waals surface area contributed by atoms with Gasteiger partial charge in [-0.1, -0.05) is 274 Å². The Bertz CT molecular complexity index is 6230. The van der Waals surface area contributed by atoms with Crippen LogP contribution in [0.4, 0.5) is 11.4 Å². The van der Waals surface area contributed by atoms with Crippen molar-refractivity contribution in [2.75, 3.05) is 5.32 Å². The Morgan fingerprint density at radius 3 is 1.59 bits per heavy atom. The number of nitrogens with one attached hydrogen (secondary N) is 1. The van der Waals surface area contributed by atoms with Crippen molar-refractivity contribution in [3.8, 4) is 78.1 Å². The van der Waals surface area contributed by atoms with Crippen LogP contribution in [0.2, 0.25) is 0 Å². The molecule has 0 unspecified atom stereocenters. The van der Waals surface area contributed by atoms with E-state index in [1.165, 1.54) is 50.1 Å². The Morgan fingerprint density at radius 1 is 0.404 bits per heavy atom. The van der Waals surface area contributed by atoms with Crippen LogP contribution in [0.15, 0.2) is 313 Å². The molecule has 4 aliphatic rings. The van der Waals surface area contributed by atoms with Crippen LogP contribution in [0.3, 0.4) is 0 Å². The smallest absolute Gasteiger partial charge is 0.249 e. The lowest BCUT2D eigenvalue weighted by Crippen LogP contribution is -2.58. The van der Waals surface area contributed by atoms with Crippen LogP contribution in [0.25, 0.3) is 122 Å². The molecule has 0 saturated carbocycles. The van der Waals surface area contributed by atoms with E-state index >= 15 is 0 Å². The minimum absolute atomic E-state index is 0.0238. The quantitative estimate of drug-likeness (QED) is 0.168. The van der Waals surface area contributed by atoms with Crippen LogP contribution < -0.4 is 21.7 Å². The summed E-state index contributed by atoms with van der Waals surface area (Å²) in [5, 5.41) is 6.49. The maximum absolute atomic E-state index is 9.77. The summed E-state index contributed by atoms with van der Waals surface area (Å²) < 4.78 is 79.0. The molecule has 2 aliphatic heterocycles. The second-order valence-electron chi connectivity index (χ2n) is 26.4. The Hall–Kier alpha value is -11.1. The van der Waals surface area contributed by atoms with Crippen LogP contribution in [-0.4, -0.2) is 15.8 Å². The molecule has 2 aliphatic carbocycles. The monoisotopic (exact) mass is 1220 g/mol. The van der Waals surface area contributed by atoms with E-state index in [1.54, 1.807) is 16.3 Å². The van der Waals surface area contributed by atoms with Gasteiger partial charge in [0, 0.05) is 65.2 Å². The summed E-state index contributed by atoms with van der Waals surface area (Å²) in [6.07, 6.45) is 0. The standard InChI is InChI=1S/C89H60BN3S/c1-88(2,3)57-50-67(54-25-7-4-8-26-54)82(68(51-57)55-27-9-5-10-28-55)84-60(56-43-45-73-69(49-56)63-33-15-21-39-72(63)89(73)70-37-19-13-31-61(70)62-32-14-20-38-71(62)89)44-46-74-86(84)91-76-52-59(93-77-40-22-16-34-64(77)65-35-17-23-41-78(65)93)53-81-85(76)90(74)75-47-48-80-83(87(75)94-81)66-36-18-24-42-79(66)92(80)58-29-11-6-12-30-58/h4-53,91H,1-3H3/i16D,17D,22D,23D,34D,35D,40D,41D. The van der Waals surface area contributed by atoms with E-state index in [4.69, 9.17) is 2.74 Å². The first-order valence-electron chi connectivity index (χ1n) is 36.3. The number of aromatic nitrogens is 2. The van der Waals surface area contributed by atoms with Crippen molar-refractivity contribution < 1.29 is 11.0 Å². The second kappa shape index (κ2) is 20.0. The minimum atomic E-state index is -0.564. The molecular weight excluding hydrogens is 1150 g/mol. The Labute approximate surface area is 562 Å². The van der Waals surface area contributed by atoms with Crippen LogP contribution >= 0.6 is 11.8 Å². The van der Waals surface area contributed by atoms with Crippen LogP contribution in [0.5, 0.6) is 0 Å². The fraction of sp³-hybridized carbons (Fsp3) is 0.0562. The third-order valence-corrected chi connectivity index (χ3v) is 21.8. The lowest BCUT2D eigenvalue weighted by molar-refractivity contribution is 0.591. The summed E-state index contributed by atoms with van der Waals surface area (Å²) in [5.41, 5.74) is 27.1. The van der Waals surface area contributed by atoms with E-state index in [9.17, 15) is 8.22 Å². The summed E-state index contributed by atoms with van der Waals surface area (Å²) >= 11 is 1.67.